The van der Waals surface area contributed by atoms with Crippen LogP contribution in [0.4, 0.5) is 0 Å². The summed E-state index contributed by atoms with van der Waals surface area (Å²) in [7, 11) is 7.97. The lowest BCUT2D eigenvalue weighted by molar-refractivity contribution is 0.360. The first kappa shape index (κ1) is 14.3. The maximum absolute atomic E-state index is 5.50. The Balaban J connectivity index is 2.14. The molecule has 0 aromatic carbocycles. The second kappa shape index (κ2) is 6.39. The third-order valence-corrected chi connectivity index (χ3v) is 4.05. The minimum absolute atomic E-state index is 0.567. The molecule has 0 radical (unpaired) electrons. The number of likely N-dealkylation sites (N-methyl/N-ethyl adjacent to an activating group) is 1. The van der Waals surface area contributed by atoms with Gasteiger partial charge in [-0.1, -0.05) is 0 Å². The summed E-state index contributed by atoms with van der Waals surface area (Å²) in [4.78, 5) is 2.18. The molecule has 2 atom stereocenters. The van der Waals surface area contributed by atoms with Crippen molar-refractivity contribution >= 4 is 0 Å². The fourth-order valence-electron chi connectivity index (χ4n) is 2.91. The van der Waals surface area contributed by atoms with Gasteiger partial charge in [-0.2, -0.15) is 5.10 Å². The smallest absolute Gasteiger partial charge is 0.160 e. The molecule has 2 rings (SSSR count). The summed E-state index contributed by atoms with van der Waals surface area (Å²) in [6.07, 6.45) is 5.50. The van der Waals surface area contributed by atoms with Crippen molar-refractivity contribution in [1.29, 1.82) is 0 Å². The average Bonchev–Trinajstić information content (AvgIpc) is 3.01. The molecule has 19 heavy (non-hydrogen) atoms. The Morgan fingerprint density at radius 2 is 2.26 bits per heavy atom. The summed E-state index contributed by atoms with van der Waals surface area (Å²) in [5, 5.41) is 7.88. The highest BCUT2D eigenvalue weighted by Crippen LogP contribution is 2.38. The normalized spacial score (nSPS) is 23.2. The molecule has 1 heterocycles. The zero-order valence-electron chi connectivity index (χ0n) is 12.5. The summed E-state index contributed by atoms with van der Waals surface area (Å²) in [6.45, 7) is 1.92. The van der Waals surface area contributed by atoms with Crippen LogP contribution >= 0.6 is 0 Å². The number of nitrogens with one attached hydrogen (secondary N) is 1. The van der Waals surface area contributed by atoms with Crippen molar-refractivity contribution in [3.8, 4) is 5.75 Å². The predicted octanol–water partition coefficient (Wildman–Crippen LogP) is 1.31. The fraction of sp³-hybridized carbons (Fsp3) is 0.786. The summed E-state index contributed by atoms with van der Waals surface area (Å²) < 4.78 is 7.62. The van der Waals surface area contributed by atoms with Crippen molar-refractivity contribution in [2.24, 2.45) is 0 Å². The minimum atomic E-state index is 0.567. The topological polar surface area (TPSA) is 42.3 Å². The summed E-state index contributed by atoms with van der Waals surface area (Å²) >= 11 is 0. The van der Waals surface area contributed by atoms with Crippen molar-refractivity contribution in [3.63, 3.8) is 0 Å². The van der Waals surface area contributed by atoms with E-state index in [1.807, 2.05) is 13.2 Å². The van der Waals surface area contributed by atoms with Gasteiger partial charge in [0.1, 0.15) is 0 Å². The second-order valence-corrected chi connectivity index (χ2v) is 5.62. The van der Waals surface area contributed by atoms with Crippen LogP contribution in [0.15, 0.2) is 6.20 Å². The van der Waals surface area contributed by atoms with Crippen LogP contribution in [-0.4, -0.2) is 55.5 Å². The van der Waals surface area contributed by atoms with Gasteiger partial charge in [-0.3, -0.25) is 4.68 Å². The van der Waals surface area contributed by atoms with Gasteiger partial charge in [0.25, 0.3) is 0 Å². The van der Waals surface area contributed by atoms with Gasteiger partial charge in [-0.25, -0.2) is 0 Å². The second-order valence-electron chi connectivity index (χ2n) is 5.62. The standard InChI is InChI=1S/C14H26N4O/c1-15-12-6-5-11(9-12)14-13(19-4)10-16-18(14)8-7-17(2)3/h10-12,15H,5-9H2,1-4H3. The molecule has 1 aliphatic rings. The van der Waals surface area contributed by atoms with Crippen molar-refractivity contribution in [2.75, 3.05) is 34.8 Å². The third kappa shape index (κ3) is 3.28. The number of nitrogens with zero attached hydrogens (tertiary/aromatic N) is 3. The molecule has 108 valence electrons. The first-order valence-electron chi connectivity index (χ1n) is 7.07. The number of hydrogen-bond donors (Lipinski definition) is 1. The van der Waals surface area contributed by atoms with E-state index < -0.39 is 0 Å². The maximum Gasteiger partial charge on any atom is 0.160 e. The number of ether oxygens (including phenoxy) is 1. The number of hydrogen-bond acceptors (Lipinski definition) is 4. The summed E-state index contributed by atoms with van der Waals surface area (Å²) in [6, 6.07) is 0.631. The van der Waals surface area contributed by atoms with Crippen LogP contribution < -0.4 is 10.1 Å². The van der Waals surface area contributed by atoms with E-state index in [1.165, 1.54) is 25.0 Å². The Labute approximate surface area is 115 Å². The van der Waals surface area contributed by atoms with Crippen LogP contribution in [0.1, 0.15) is 30.9 Å². The zero-order chi connectivity index (χ0) is 13.8. The molecule has 1 fully saturated rings. The highest BCUT2D eigenvalue weighted by atomic mass is 16.5. The lowest BCUT2D eigenvalue weighted by Crippen LogP contribution is -2.22. The van der Waals surface area contributed by atoms with E-state index in [1.54, 1.807) is 7.11 Å². The van der Waals surface area contributed by atoms with E-state index in [0.717, 1.165) is 18.8 Å². The number of aromatic nitrogens is 2. The van der Waals surface area contributed by atoms with Crippen LogP contribution in [0.5, 0.6) is 5.75 Å². The minimum Gasteiger partial charge on any atom is -0.493 e. The van der Waals surface area contributed by atoms with Gasteiger partial charge < -0.3 is 15.0 Å². The number of rotatable bonds is 6. The first-order valence-corrected chi connectivity index (χ1v) is 7.07. The molecule has 1 aromatic heterocycles. The monoisotopic (exact) mass is 266 g/mol. The maximum atomic E-state index is 5.50. The molecule has 1 aromatic rings. The van der Waals surface area contributed by atoms with Gasteiger partial charge in [0, 0.05) is 18.5 Å². The largest absolute Gasteiger partial charge is 0.493 e. The van der Waals surface area contributed by atoms with Gasteiger partial charge in [-0.05, 0) is 40.4 Å². The molecule has 1 saturated carbocycles. The van der Waals surface area contributed by atoms with E-state index in [2.05, 4.69) is 34.1 Å². The SMILES string of the molecule is CNC1CCC(c2c(OC)cnn2CCN(C)C)C1. The van der Waals surface area contributed by atoms with Crippen molar-refractivity contribution in [3.05, 3.63) is 11.9 Å². The molecule has 2 unspecified atom stereocenters. The molecule has 5 nitrogen and oxygen atoms in total. The fourth-order valence-corrected chi connectivity index (χ4v) is 2.91. The van der Waals surface area contributed by atoms with E-state index in [9.17, 15) is 0 Å². The van der Waals surface area contributed by atoms with Gasteiger partial charge in [0.05, 0.1) is 25.5 Å². The van der Waals surface area contributed by atoms with Gasteiger partial charge >= 0.3 is 0 Å². The third-order valence-electron chi connectivity index (χ3n) is 4.05. The van der Waals surface area contributed by atoms with Crippen LogP contribution in [0.2, 0.25) is 0 Å². The highest BCUT2D eigenvalue weighted by Gasteiger charge is 2.30. The van der Waals surface area contributed by atoms with Crippen molar-refractivity contribution < 1.29 is 4.74 Å². The Morgan fingerprint density at radius 3 is 2.84 bits per heavy atom. The molecule has 0 spiro atoms. The molecule has 1 N–H and O–H groups in total. The summed E-state index contributed by atoms with van der Waals surface area (Å²) in [5.41, 5.74) is 1.28. The van der Waals surface area contributed by atoms with E-state index >= 15 is 0 Å². The Kier molecular flexibility index (Phi) is 4.82. The highest BCUT2D eigenvalue weighted by molar-refractivity contribution is 5.29. The predicted molar refractivity (Wildman–Crippen MR) is 76.8 cm³/mol. The van der Waals surface area contributed by atoms with E-state index in [4.69, 9.17) is 4.74 Å². The summed E-state index contributed by atoms with van der Waals surface area (Å²) in [5.74, 6) is 1.51. The van der Waals surface area contributed by atoms with Crippen LogP contribution in [-0.2, 0) is 6.54 Å². The van der Waals surface area contributed by atoms with Crippen molar-refractivity contribution in [1.82, 2.24) is 20.0 Å². The lowest BCUT2D eigenvalue weighted by Gasteiger charge is -2.17. The van der Waals surface area contributed by atoms with Gasteiger partial charge in [0.15, 0.2) is 5.75 Å². The van der Waals surface area contributed by atoms with Crippen molar-refractivity contribution in [2.45, 2.75) is 37.8 Å². The molecule has 0 amide bonds. The molecule has 0 bridgehead atoms. The van der Waals surface area contributed by atoms with Crippen LogP contribution in [0.25, 0.3) is 0 Å². The molecule has 0 saturated heterocycles. The molecular formula is C14H26N4O. The first-order chi connectivity index (χ1) is 9.15. The molecule has 1 aliphatic carbocycles. The quantitative estimate of drug-likeness (QED) is 0.843. The van der Waals surface area contributed by atoms with Gasteiger partial charge in [0.2, 0.25) is 0 Å². The molecule has 5 heteroatoms. The zero-order valence-corrected chi connectivity index (χ0v) is 12.5. The molecular weight excluding hydrogens is 240 g/mol. The van der Waals surface area contributed by atoms with Crippen LogP contribution in [0, 0.1) is 0 Å². The van der Waals surface area contributed by atoms with Gasteiger partial charge in [-0.15, -0.1) is 0 Å². The number of methoxy groups -OCH3 is 1. The van der Waals surface area contributed by atoms with Crippen LogP contribution in [0.3, 0.4) is 0 Å². The van der Waals surface area contributed by atoms with E-state index in [0.29, 0.717) is 12.0 Å². The Bertz CT molecular complexity index is 402. The Hall–Kier alpha value is -1.07. The average molecular weight is 266 g/mol. The van der Waals surface area contributed by atoms with E-state index in [-0.39, 0.29) is 0 Å². The lowest BCUT2D eigenvalue weighted by atomic mass is 10.0. The Morgan fingerprint density at radius 1 is 1.47 bits per heavy atom. The molecule has 0 aliphatic heterocycles.